The van der Waals surface area contributed by atoms with Gasteiger partial charge in [0.25, 0.3) is 5.91 Å². The molecule has 1 amide bonds. The molecule has 2 unspecified atom stereocenters. The first kappa shape index (κ1) is 20.5. The van der Waals surface area contributed by atoms with Crippen LogP contribution in [0.1, 0.15) is 37.2 Å². The number of carbonyl (C=O) groups excluding carboxylic acids is 1. The Labute approximate surface area is 177 Å². The Morgan fingerprint density at radius 3 is 2.45 bits per heavy atom. The van der Waals surface area contributed by atoms with Crippen LogP contribution in [0.2, 0.25) is 5.02 Å². The Morgan fingerprint density at radius 2 is 1.76 bits per heavy atom. The van der Waals surface area contributed by atoms with Crippen molar-refractivity contribution in [3.8, 4) is 11.3 Å². The van der Waals surface area contributed by atoms with Crippen LogP contribution >= 0.6 is 11.6 Å². The molecule has 29 heavy (non-hydrogen) atoms. The van der Waals surface area contributed by atoms with Gasteiger partial charge in [-0.1, -0.05) is 23.7 Å². The second-order valence-electron chi connectivity index (χ2n) is 8.36. The lowest BCUT2D eigenvalue weighted by Gasteiger charge is -2.39. The van der Waals surface area contributed by atoms with Crippen molar-refractivity contribution in [2.45, 2.75) is 38.9 Å². The molecule has 0 bridgehead atoms. The van der Waals surface area contributed by atoms with Gasteiger partial charge in [0, 0.05) is 38.3 Å². The van der Waals surface area contributed by atoms with Crippen LogP contribution in [0, 0.1) is 5.92 Å². The molecule has 0 N–H and O–H groups in total. The molecule has 0 aliphatic carbocycles. The van der Waals surface area contributed by atoms with Crippen molar-refractivity contribution in [1.29, 1.82) is 0 Å². The van der Waals surface area contributed by atoms with Crippen molar-refractivity contribution < 1.29 is 13.9 Å². The number of piperidine rings is 1. The minimum atomic E-state index is -0.0321. The highest BCUT2D eigenvalue weighted by Gasteiger charge is 2.29. The molecule has 2 atom stereocenters. The molecule has 2 fully saturated rings. The van der Waals surface area contributed by atoms with Crippen molar-refractivity contribution in [3.63, 3.8) is 0 Å². The maximum absolute atomic E-state index is 12.9. The van der Waals surface area contributed by atoms with Crippen molar-refractivity contribution in [2.24, 2.45) is 5.92 Å². The van der Waals surface area contributed by atoms with E-state index < -0.39 is 0 Å². The zero-order valence-electron chi connectivity index (χ0n) is 17.1. The summed E-state index contributed by atoms with van der Waals surface area (Å²) in [5.74, 6) is 1.61. The molecule has 6 heteroatoms. The van der Waals surface area contributed by atoms with E-state index in [1.165, 1.54) is 0 Å². The molecule has 0 radical (unpaired) electrons. The summed E-state index contributed by atoms with van der Waals surface area (Å²) in [6.45, 7) is 8.94. The molecular formula is C23H29ClN2O3. The van der Waals surface area contributed by atoms with Crippen LogP contribution in [0.3, 0.4) is 0 Å². The summed E-state index contributed by atoms with van der Waals surface area (Å²) >= 11 is 6.24. The fraction of sp³-hybridized carbons (Fsp3) is 0.522. The van der Waals surface area contributed by atoms with Crippen molar-refractivity contribution in [3.05, 3.63) is 47.2 Å². The molecular weight excluding hydrogens is 388 g/mol. The molecule has 1 aromatic carbocycles. The number of nitrogens with zero attached hydrogens (tertiary/aromatic N) is 2. The highest BCUT2D eigenvalue weighted by molar-refractivity contribution is 6.33. The third-order valence-corrected chi connectivity index (χ3v) is 6.20. The summed E-state index contributed by atoms with van der Waals surface area (Å²) in [6, 6.07) is 11.1. The molecule has 3 heterocycles. The molecule has 1 aromatic heterocycles. The molecule has 0 spiro atoms. The quantitative estimate of drug-likeness (QED) is 0.732. The van der Waals surface area contributed by atoms with Crippen LogP contribution < -0.4 is 0 Å². The Morgan fingerprint density at radius 1 is 1.07 bits per heavy atom. The van der Waals surface area contributed by atoms with E-state index in [1.807, 2.05) is 35.2 Å². The van der Waals surface area contributed by atoms with Crippen LogP contribution in [0.4, 0.5) is 0 Å². The van der Waals surface area contributed by atoms with E-state index in [0.29, 0.717) is 34.7 Å². The van der Waals surface area contributed by atoms with E-state index in [9.17, 15) is 4.79 Å². The largest absolute Gasteiger partial charge is 0.451 e. The van der Waals surface area contributed by atoms with E-state index in [2.05, 4.69) is 18.7 Å². The van der Waals surface area contributed by atoms with E-state index >= 15 is 0 Å². The molecule has 2 aromatic rings. The van der Waals surface area contributed by atoms with E-state index in [0.717, 1.165) is 51.1 Å². The number of benzene rings is 1. The van der Waals surface area contributed by atoms with Crippen molar-refractivity contribution in [1.82, 2.24) is 9.80 Å². The highest BCUT2D eigenvalue weighted by Crippen LogP contribution is 2.30. The van der Waals surface area contributed by atoms with Crippen molar-refractivity contribution >= 4 is 17.5 Å². The number of carbonyl (C=O) groups is 1. The lowest BCUT2D eigenvalue weighted by atomic mass is 9.95. The third kappa shape index (κ3) is 4.85. The molecule has 2 saturated heterocycles. The predicted octanol–water partition coefficient (Wildman–Crippen LogP) is 4.56. The molecule has 5 nitrogen and oxygen atoms in total. The van der Waals surface area contributed by atoms with E-state index in [-0.39, 0.29) is 5.91 Å². The standard InChI is InChI=1S/C23H29ClN2O3/c1-16-13-25(14-17(2)28-16)15-18-9-11-26(12-10-18)23(27)22-8-7-21(29-22)19-5-3-4-6-20(19)24/h3-8,16-18H,9-15H2,1-2H3. The van der Waals surface area contributed by atoms with Crippen LogP contribution in [0.25, 0.3) is 11.3 Å². The third-order valence-electron chi connectivity index (χ3n) is 5.87. The van der Waals surface area contributed by atoms with Gasteiger partial charge in [-0.2, -0.15) is 0 Å². The molecule has 156 valence electrons. The van der Waals surface area contributed by atoms with Gasteiger partial charge < -0.3 is 14.1 Å². The summed E-state index contributed by atoms with van der Waals surface area (Å²) in [5.41, 5.74) is 0.806. The van der Waals surface area contributed by atoms with E-state index in [1.54, 1.807) is 6.07 Å². The van der Waals surface area contributed by atoms with Gasteiger partial charge in [0.2, 0.25) is 0 Å². The monoisotopic (exact) mass is 416 g/mol. The van der Waals surface area contributed by atoms with Gasteiger partial charge in [0.05, 0.1) is 17.2 Å². The normalized spacial score (nSPS) is 24.0. The number of furan rings is 1. The van der Waals surface area contributed by atoms with Gasteiger partial charge in [-0.25, -0.2) is 0 Å². The smallest absolute Gasteiger partial charge is 0.289 e. The zero-order chi connectivity index (χ0) is 20.4. The first-order chi connectivity index (χ1) is 14.0. The van der Waals surface area contributed by atoms with Crippen LogP contribution in [-0.2, 0) is 4.74 Å². The summed E-state index contributed by atoms with van der Waals surface area (Å²) in [4.78, 5) is 17.3. The van der Waals surface area contributed by atoms with Gasteiger partial charge in [0.1, 0.15) is 5.76 Å². The second kappa shape index (κ2) is 8.90. The zero-order valence-corrected chi connectivity index (χ0v) is 17.9. The maximum atomic E-state index is 12.9. The minimum Gasteiger partial charge on any atom is -0.451 e. The highest BCUT2D eigenvalue weighted by atomic mass is 35.5. The fourth-order valence-electron chi connectivity index (χ4n) is 4.53. The lowest BCUT2D eigenvalue weighted by molar-refractivity contribution is -0.0729. The predicted molar refractivity (Wildman–Crippen MR) is 114 cm³/mol. The van der Waals surface area contributed by atoms with Gasteiger partial charge in [-0.15, -0.1) is 0 Å². The summed E-state index contributed by atoms with van der Waals surface area (Å²) in [7, 11) is 0. The Balaban J connectivity index is 1.32. The van der Waals surface area contributed by atoms with Gasteiger partial charge >= 0.3 is 0 Å². The van der Waals surface area contributed by atoms with Gasteiger partial charge in [0.15, 0.2) is 5.76 Å². The van der Waals surface area contributed by atoms with Crippen LogP contribution in [0.5, 0.6) is 0 Å². The van der Waals surface area contributed by atoms with Crippen LogP contribution in [-0.4, -0.2) is 60.6 Å². The average Bonchev–Trinajstić information content (AvgIpc) is 3.17. The first-order valence-electron chi connectivity index (χ1n) is 10.5. The Kier molecular flexibility index (Phi) is 6.28. The number of rotatable bonds is 4. The molecule has 2 aliphatic rings. The molecule has 4 rings (SSSR count). The number of amides is 1. The Bertz CT molecular complexity index is 834. The van der Waals surface area contributed by atoms with Gasteiger partial charge in [-0.05, 0) is 56.9 Å². The Hall–Kier alpha value is -1.82. The summed E-state index contributed by atoms with van der Waals surface area (Å²) in [6.07, 6.45) is 2.66. The lowest BCUT2D eigenvalue weighted by Crippen LogP contribution is -2.48. The number of morpholine rings is 1. The van der Waals surface area contributed by atoms with Crippen LogP contribution in [0.15, 0.2) is 40.8 Å². The summed E-state index contributed by atoms with van der Waals surface area (Å²) < 4.78 is 11.7. The fourth-order valence-corrected chi connectivity index (χ4v) is 4.76. The van der Waals surface area contributed by atoms with Crippen molar-refractivity contribution in [2.75, 3.05) is 32.7 Å². The topological polar surface area (TPSA) is 45.9 Å². The number of hydrogen-bond acceptors (Lipinski definition) is 4. The maximum Gasteiger partial charge on any atom is 0.289 e. The minimum absolute atomic E-state index is 0.0321. The molecule has 2 aliphatic heterocycles. The number of likely N-dealkylation sites (tertiary alicyclic amines) is 1. The first-order valence-corrected chi connectivity index (χ1v) is 10.9. The van der Waals surface area contributed by atoms with Gasteiger partial charge in [-0.3, -0.25) is 9.69 Å². The van der Waals surface area contributed by atoms with E-state index in [4.69, 9.17) is 20.8 Å². The number of halogens is 1. The SMILES string of the molecule is CC1CN(CC2CCN(C(=O)c3ccc(-c4ccccc4Cl)o3)CC2)CC(C)O1. The number of ether oxygens (including phenoxy) is 1. The second-order valence-corrected chi connectivity index (χ2v) is 8.76. The summed E-state index contributed by atoms with van der Waals surface area (Å²) in [5, 5.41) is 0.619. The number of hydrogen-bond donors (Lipinski definition) is 0. The average molecular weight is 417 g/mol. The molecule has 0 saturated carbocycles.